The second kappa shape index (κ2) is 16.1. The highest BCUT2D eigenvalue weighted by Crippen LogP contribution is 2.41. The van der Waals surface area contributed by atoms with Gasteiger partial charge in [0, 0.05) is 47.6 Å². The van der Waals surface area contributed by atoms with E-state index < -0.39 is 23.9 Å². The van der Waals surface area contributed by atoms with Crippen LogP contribution in [0.3, 0.4) is 0 Å². The second-order valence-corrected chi connectivity index (χ2v) is 11.2. The standard InChI is InChI=1S/C29H36F3N9O3S.ClH/c1-6-34-28(42)38-22-12-19(27-37-21(15-45-27)29(30,31)32)20(14-35-22)18-11-17(24-39-40-26(44-24)23(33)16(4)5)13-36-25(18)43-10-9-41(7-2)8-3;/h11-16,23H,6-10,33H2,1-5H3,(H2,34,35,38,42);1H. The predicted molar refractivity (Wildman–Crippen MR) is 172 cm³/mol. The monoisotopic (exact) mass is 683 g/mol. The van der Waals surface area contributed by atoms with Gasteiger partial charge in [-0.05, 0) is 38.1 Å². The van der Waals surface area contributed by atoms with E-state index >= 15 is 0 Å². The Hall–Kier alpha value is -3.86. The molecule has 0 fully saturated rings. The topological polar surface area (TPSA) is 157 Å². The molecule has 0 aliphatic heterocycles. The van der Waals surface area contributed by atoms with Crippen LogP contribution in [-0.2, 0) is 6.18 Å². The average Bonchev–Trinajstić information content (AvgIpc) is 3.70. The first-order valence-electron chi connectivity index (χ1n) is 14.5. The van der Waals surface area contributed by atoms with Crippen LogP contribution < -0.4 is 21.1 Å². The number of likely N-dealkylation sites (N-methyl/N-ethyl adjacent to an activating group) is 1. The molecule has 1 atom stereocenters. The van der Waals surface area contributed by atoms with E-state index in [1.165, 1.54) is 18.5 Å². The summed E-state index contributed by atoms with van der Waals surface area (Å²) in [5.74, 6) is 0.785. The Labute approximate surface area is 274 Å². The Morgan fingerprint density at radius 2 is 1.83 bits per heavy atom. The van der Waals surface area contributed by atoms with Crippen LogP contribution in [0.2, 0.25) is 0 Å². The van der Waals surface area contributed by atoms with Gasteiger partial charge in [0.1, 0.15) is 17.4 Å². The molecule has 4 aromatic heterocycles. The molecule has 0 saturated carbocycles. The smallest absolute Gasteiger partial charge is 0.434 e. The molecule has 0 aliphatic carbocycles. The highest BCUT2D eigenvalue weighted by atomic mass is 35.5. The third kappa shape index (κ3) is 8.90. The minimum absolute atomic E-state index is 0. The molecule has 0 bridgehead atoms. The van der Waals surface area contributed by atoms with Crippen LogP contribution in [0.4, 0.5) is 23.8 Å². The fourth-order valence-electron chi connectivity index (χ4n) is 4.22. The van der Waals surface area contributed by atoms with Crippen molar-refractivity contribution < 1.29 is 27.1 Å². The van der Waals surface area contributed by atoms with Crippen molar-refractivity contribution in [2.75, 3.05) is 38.1 Å². The maximum atomic E-state index is 13.6. The minimum Gasteiger partial charge on any atom is -0.476 e. The number of nitrogens with two attached hydrogens (primary N) is 1. The molecular formula is C29H37ClF3N9O3S. The number of aromatic nitrogens is 5. The quantitative estimate of drug-likeness (QED) is 0.147. The number of thiazole rings is 1. The molecule has 17 heteroatoms. The van der Waals surface area contributed by atoms with Crippen LogP contribution in [0.1, 0.15) is 52.2 Å². The molecule has 0 aliphatic rings. The number of pyridine rings is 2. The Morgan fingerprint density at radius 3 is 2.46 bits per heavy atom. The zero-order valence-electron chi connectivity index (χ0n) is 26.0. The Bertz CT molecular complexity index is 1600. The molecule has 0 saturated heterocycles. The highest BCUT2D eigenvalue weighted by Gasteiger charge is 2.34. The number of carbonyl (C=O) groups is 1. The number of halogens is 4. The van der Waals surface area contributed by atoms with Crippen LogP contribution in [0.25, 0.3) is 33.2 Å². The van der Waals surface area contributed by atoms with Crippen LogP contribution in [0.5, 0.6) is 5.88 Å². The number of hydrogen-bond acceptors (Lipinski definition) is 11. The van der Waals surface area contributed by atoms with E-state index in [9.17, 15) is 18.0 Å². The normalized spacial score (nSPS) is 12.2. The summed E-state index contributed by atoms with van der Waals surface area (Å²) in [6.07, 6.45) is -1.70. The van der Waals surface area contributed by atoms with Gasteiger partial charge in [-0.1, -0.05) is 27.7 Å². The van der Waals surface area contributed by atoms with Crippen molar-refractivity contribution >= 4 is 35.6 Å². The van der Waals surface area contributed by atoms with Crippen molar-refractivity contribution in [3.05, 3.63) is 41.5 Å². The third-order valence-corrected chi connectivity index (χ3v) is 7.76. The van der Waals surface area contributed by atoms with Crippen LogP contribution in [0, 0.1) is 5.92 Å². The van der Waals surface area contributed by atoms with E-state index in [0.29, 0.717) is 36.4 Å². The molecule has 1 unspecified atom stereocenters. The summed E-state index contributed by atoms with van der Waals surface area (Å²) in [4.78, 5) is 27.2. The van der Waals surface area contributed by atoms with Gasteiger partial charge in [-0.15, -0.1) is 33.9 Å². The number of carbonyl (C=O) groups excluding carboxylic acids is 1. The Balaban J connectivity index is 0.00000576. The van der Waals surface area contributed by atoms with E-state index in [2.05, 4.69) is 40.7 Å². The van der Waals surface area contributed by atoms with Crippen molar-refractivity contribution in [3.63, 3.8) is 0 Å². The lowest BCUT2D eigenvalue weighted by atomic mass is 10.0. The van der Waals surface area contributed by atoms with Gasteiger partial charge in [-0.3, -0.25) is 5.32 Å². The average molecular weight is 684 g/mol. The Morgan fingerprint density at radius 1 is 1.09 bits per heavy atom. The number of nitrogens with one attached hydrogen (secondary N) is 2. The molecule has 2 amide bonds. The first kappa shape index (κ1) is 36.6. The van der Waals surface area contributed by atoms with Gasteiger partial charge in [-0.25, -0.2) is 19.7 Å². The van der Waals surface area contributed by atoms with Gasteiger partial charge < -0.3 is 25.1 Å². The summed E-state index contributed by atoms with van der Waals surface area (Å²) in [5, 5.41) is 14.4. The summed E-state index contributed by atoms with van der Waals surface area (Å²) >= 11 is 0.810. The maximum absolute atomic E-state index is 13.6. The molecule has 4 aromatic rings. The zero-order chi connectivity index (χ0) is 32.7. The summed E-state index contributed by atoms with van der Waals surface area (Å²) < 4.78 is 52.7. The molecule has 4 N–H and O–H groups in total. The van der Waals surface area contributed by atoms with Crippen molar-refractivity contribution in [2.45, 2.75) is 46.8 Å². The fraction of sp³-hybridized carbons (Fsp3) is 0.448. The number of rotatable bonds is 13. The van der Waals surface area contributed by atoms with Crippen molar-refractivity contribution in [3.8, 4) is 39.0 Å². The summed E-state index contributed by atoms with van der Waals surface area (Å²) in [5.41, 5.74) is 6.63. The Kier molecular flexibility index (Phi) is 12.8. The number of urea groups is 1. The fourth-order valence-corrected chi connectivity index (χ4v) is 5.08. The second-order valence-electron chi connectivity index (χ2n) is 10.3. The van der Waals surface area contributed by atoms with Gasteiger partial charge in [0.05, 0.1) is 11.6 Å². The van der Waals surface area contributed by atoms with Gasteiger partial charge in [0.15, 0.2) is 5.69 Å². The van der Waals surface area contributed by atoms with E-state index in [1.54, 1.807) is 13.0 Å². The van der Waals surface area contributed by atoms with Crippen molar-refractivity contribution in [2.24, 2.45) is 11.7 Å². The number of alkyl halides is 3. The number of amides is 2. The molecule has 0 spiro atoms. The van der Waals surface area contributed by atoms with Crippen molar-refractivity contribution in [1.82, 2.24) is 35.4 Å². The molecule has 4 rings (SSSR count). The number of hydrogen-bond donors (Lipinski definition) is 3. The predicted octanol–water partition coefficient (Wildman–Crippen LogP) is 6.28. The van der Waals surface area contributed by atoms with E-state index in [-0.39, 0.29) is 52.4 Å². The van der Waals surface area contributed by atoms with Gasteiger partial charge >= 0.3 is 12.2 Å². The number of anilines is 1. The highest BCUT2D eigenvalue weighted by molar-refractivity contribution is 7.13. The molecule has 250 valence electrons. The number of ether oxygens (including phenoxy) is 1. The first-order valence-corrected chi connectivity index (χ1v) is 15.4. The lowest BCUT2D eigenvalue weighted by Gasteiger charge is -2.19. The lowest BCUT2D eigenvalue weighted by Crippen LogP contribution is -2.28. The maximum Gasteiger partial charge on any atom is 0.434 e. The van der Waals surface area contributed by atoms with Crippen LogP contribution in [0.15, 0.2) is 34.3 Å². The van der Waals surface area contributed by atoms with Crippen LogP contribution in [-0.4, -0.2) is 68.9 Å². The van der Waals surface area contributed by atoms with E-state index in [0.717, 1.165) is 29.8 Å². The van der Waals surface area contributed by atoms with Crippen LogP contribution >= 0.6 is 23.7 Å². The van der Waals surface area contributed by atoms with E-state index in [4.69, 9.17) is 14.9 Å². The third-order valence-electron chi connectivity index (χ3n) is 6.88. The van der Waals surface area contributed by atoms with Gasteiger partial charge in [0.25, 0.3) is 0 Å². The van der Waals surface area contributed by atoms with Crippen molar-refractivity contribution in [1.29, 1.82) is 0 Å². The van der Waals surface area contributed by atoms with Gasteiger partial charge in [0.2, 0.25) is 17.7 Å². The minimum atomic E-state index is -4.64. The lowest BCUT2D eigenvalue weighted by molar-refractivity contribution is -0.140. The number of nitrogens with zero attached hydrogens (tertiary/aromatic N) is 6. The molecule has 0 radical (unpaired) electrons. The first-order chi connectivity index (χ1) is 21.4. The molecule has 46 heavy (non-hydrogen) atoms. The summed E-state index contributed by atoms with van der Waals surface area (Å²) in [6, 6.07) is 2.15. The SMILES string of the molecule is CCNC(=O)Nc1cc(-c2nc(C(F)(F)F)cs2)c(-c2cc(-c3nnc(C(N)C(C)C)o3)cnc2OCCN(CC)CC)cn1.Cl. The summed E-state index contributed by atoms with van der Waals surface area (Å²) in [7, 11) is 0. The molecule has 4 heterocycles. The molecule has 12 nitrogen and oxygen atoms in total. The van der Waals surface area contributed by atoms with Gasteiger partial charge in [-0.2, -0.15) is 13.2 Å². The summed E-state index contributed by atoms with van der Waals surface area (Å²) in [6.45, 7) is 12.6. The van der Waals surface area contributed by atoms with E-state index in [1.807, 2.05) is 27.7 Å². The zero-order valence-corrected chi connectivity index (χ0v) is 27.6. The largest absolute Gasteiger partial charge is 0.476 e. The molecular weight excluding hydrogens is 647 g/mol. The molecule has 0 aromatic carbocycles.